The van der Waals surface area contributed by atoms with E-state index in [0.29, 0.717) is 6.07 Å². The van der Waals surface area contributed by atoms with Crippen LogP contribution in [0.1, 0.15) is 30.9 Å². The number of nitrogens with zero attached hydrogens (tertiary/aromatic N) is 1. The van der Waals surface area contributed by atoms with Crippen LogP contribution in [-0.2, 0) is 6.18 Å². The van der Waals surface area contributed by atoms with E-state index in [9.17, 15) is 23.3 Å². The Bertz CT molecular complexity index is 458. The Morgan fingerprint density at radius 3 is 2.28 bits per heavy atom. The molecule has 1 rings (SSSR count). The van der Waals surface area contributed by atoms with Gasteiger partial charge in [0.15, 0.2) is 0 Å². The van der Waals surface area contributed by atoms with Crippen molar-refractivity contribution in [1.82, 2.24) is 0 Å². The molecule has 0 aromatic heterocycles. The van der Waals surface area contributed by atoms with E-state index < -0.39 is 34.3 Å². The van der Waals surface area contributed by atoms with Crippen LogP contribution in [0.3, 0.4) is 0 Å². The largest absolute Gasteiger partial charge is 0.416 e. The summed E-state index contributed by atoms with van der Waals surface area (Å²) in [7, 11) is 0. The number of nitro benzene ring substituents is 1. The van der Waals surface area contributed by atoms with Gasteiger partial charge in [0.2, 0.25) is 0 Å². The van der Waals surface area contributed by atoms with Crippen molar-refractivity contribution >= 4 is 5.69 Å². The molecule has 0 heterocycles. The number of alkyl halides is 3. The van der Waals surface area contributed by atoms with Gasteiger partial charge >= 0.3 is 6.18 Å². The third kappa shape index (κ3) is 2.98. The summed E-state index contributed by atoms with van der Waals surface area (Å²) >= 11 is 0. The highest BCUT2D eigenvalue weighted by atomic mass is 19.4. The first kappa shape index (κ1) is 14.4. The van der Waals surface area contributed by atoms with Gasteiger partial charge in [0.25, 0.3) is 5.69 Å². The number of hydrogen-bond donors (Lipinski definition) is 1. The van der Waals surface area contributed by atoms with Crippen molar-refractivity contribution in [2.45, 2.75) is 32.0 Å². The van der Waals surface area contributed by atoms with E-state index in [-0.39, 0.29) is 5.56 Å². The fourth-order valence-corrected chi connectivity index (χ4v) is 1.58. The molecule has 0 fully saturated rings. The lowest BCUT2D eigenvalue weighted by molar-refractivity contribution is -0.385. The van der Waals surface area contributed by atoms with Crippen molar-refractivity contribution < 1.29 is 18.1 Å². The van der Waals surface area contributed by atoms with Gasteiger partial charge in [-0.2, -0.15) is 13.2 Å². The van der Waals surface area contributed by atoms with Gasteiger partial charge in [-0.25, -0.2) is 0 Å². The molecular weight excluding hydrogens is 249 g/mol. The van der Waals surface area contributed by atoms with Gasteiger partial charge in [-0.15, -0.1) is 0 Å². The Morgan fingerprint density at radius 1 is 1.33 bits per heavy atom. The quantitative estimate of drug-likeness (QED) is 0.672. The number of rotatable bonds is 3. The molecule has 0 aliphatic rings. The molecule has 18 heavy (non-hydrogen) atoms. The lowest BCUT2D eigenvalue weighted by atomic mass is 9.90. The molecule has 1 aromatic carbocycles. The highest BCUT2D eigenvalue weighted by Crippen LogP contribution is 2.37. The van der Waals surface area contributed by atoms with Gasteiger partial charge in [0, 0.05) is 18.2 Å². The SMILES string of the molecule is CC(N)C(C)c1ccc([N+](=O)[O-])cc1C(F)(F)F. The average Bonchev–Trinajstić information content (AvgIpc) is 2.25. The Morgan fingerprint density at radius 2 is 1.89 bits per heavy atom. The first-order valence-corrected chi connectivity index (χ1v) is 5.25. The molecule has 0 aliphatic carbocycles. The highest BCUT2D eigenvalue weighted by molar-refractivity contribution is 5.43. The number of nitro groups is 1. The minimum absolute atomic E-state index is 0.0249. The van der Waals surface area contributed by atoms with Crippen molar-refractivity contribution in [1.29, 1.82) is 0 Å². The topological polar surface area (TPSA) is 69.2 Å². The fourth-order valence-electron chi connectivity index (χ4n) is 1.58. The standard InChI is InChI=1S/C11H13F3N2O2/c1-6(7(2)15)9-4-3-8(16(17)18)5-10(9)11(12,13)14/h3-7H,15H2,1-2H3. The summed E-state index contributed by atoms with van der Waals surface area (Å²) < 4.78 is 38.6. The van der Waals surface area contributed by atoms with Crippen LogP contribution in [0, 0.1) is 10.1 Å². The molecule has 1 aromatic rings. The van der Waals surface area contributed by atoms with Gasteiger partial charge in [-0.1, -0.05) is 13.0 Å². The Hall–Kier alpha value is -1.63. The van der Waals surface area contributed by atoms with E-state index in [1.165, 1.54) is 0 Å². The summed E-state index contributed by atoms with van der Waals surface area (Å²) in [6, 6.07) is 2.25. The number of nitrogens with two attached hydrogens (primary N) is 1. The number of non-ortho nitro benzene ring substituents is 1. The molecule has 0 saturated carbocycles. The summed E-state index contributed by atoms with van der Waals surface area (Å²) in [5.74, 6) is -0.539. The lowest BCUT2D eigenvalue weighted by Crippen LogP contribution is -2.25. The third-order valence-electron chi connectivity index (χ3n) is 2.83. The summed E-state index contributed by atoms with van der Waals surface area (Å²) in [6.07, 6.45) is -4.63. The number of halogens is 3. The Labute approximate surface area is 102 Å². The fraction of sp³-hybridized carbons (Fsp3) is 0.455. The molecule has 2 atom stereocenters. The molecule has 0 spiro atoms. The zero-order chi connectivity index (χ0) is 14.1. The van der Waals surface area contributed by atoms with Crippen LogP contribution in [0.25, 0.3) is 0 Å². The van der Waals surface area contributed by atoms with E-state index in [0.717, 1.165) is 12.1 Å². The van der Waals surface area contributed by atoms with E-state index >= 15 is 0 Å². The van der Waals surface area contributed by atoms with Crippen LogP contribution >= 0.6 is 0 Å². The summed E-state index contributed by atoms with van der Waals surface area (Å²) in [5.41, 5.74) is 3.97. The van der Waals surface area contributed by atoms with Crippen LogP contribution in [0.5, 0.6) is 0 Å². The second-order valence-electron chi connectivity index (χ2n) is 4.17. The average molecular weight is 262 g/mol. The highest BCUT2D eigenvalue weighted by Gasteiger charge is 2.36. The molecule has 0 amide bonds. The minimum Gasteiger partial charge on any atom is -0.327 e. The van der Waals surface area contributed by atoms with Gasteiger partial charge in [-0.3, -0.25) is 10.1 Å². The monoisotopic (exact) mass is 262 g/mol. The van der Waals surface area contributed by atoms with Gasteiger partial charge in [0.05, 0.1) is 10.5 Å². The second kappa shape index (κ2) is 4.93. The first-order valence-electron chi connectivity index (χ1n) is 5.25. The van der Waals surface area contributed by atoms with Gasteiger partial charge in [0.1, 0.15) is 0 Å². The predicted molar refractivity (Wildman–Crippen MR) is 60.2 cm³/mol. The Kier molecular flexibility index (Phi) is 3.95. The van der Waals surface area contributed by atoms with Crippen LogP contribution in [0.2, 0.25) is 0 Å². The maximum atomic E-state index is 12.9. The van der Waals surface area contributed by atoms with Crippen molar-refractivity contribution in [3.05, 3.63) is 39.4 Å². The summed E-state index contributed by atoms with van der Waals surface area (Å²) in [5, 5.41) is 10.5. The van der Waals surface area contributed by atoms with Crippen molar-refractivity contribution in [2.75, 3.05) is 0 Å². The normalized spacial score (nSPS) is 15.2. The smallest absolute Gasteiger partial charge is 0.327 e. The van der Waals surface area contributed by atoms with Crippen LogP contribution < -0.4 is 5.73 Å². The van der Waals surface area contributed by atoms with Gasteiger partial charge in [-0.05, 0) is 18.4 Å². The third-order valence-corrected chi connectivity index (χ3v) is 2.83. The predicted octanol–water partition coefficient (Wildman–Crippen LogP) is 3.06. The summed E-state index contributed by atoms with van der Waals surface area (Å²) in [6.45, 7) is 3.15. The number of benzene rings is 1. The number of hydrogen-bond acceptors (Lipinski definition) is 3. The molecular formula is C11H13F3N2O2. The van der Waals surface area contributed by atoms with E-state index in [2.05, 4.69) is 0 Å². The zero-order valence-corrected chi connectivity index (χ0v) is 9.86. The van der Waals surface area contributed by atoms with E-state index in [1.807, 2.05) is 0 Å². The van der Waals surface area contributed by atoms with E-state index in [1.54, 1.807) is 13.8 Å². The Balaban J connectivity index is 3.39. The molecule has 2 N–H and O–H groups in total. The molecule has 0 bridgehead atoms. The molecule has 2 unspecified atom stereocenters. The molecule has 7 heteroatoms. The maximum Gasteiger partial charge on any atom is 0.416 e. The molecule has 100 valence electrons. The molecule has 0 saturated heterocycles. The van der Waals surface area contributed by atoms with Crippen molar-refractivity contribution in [3.63, 3.8) is 0 Å². The van der Waals surface area contributed by atoms with Crippen LogP contribution in [0.15, 0.2) is 18.2 Å². The molecule has 4 nitrogen and oxygen atoms in total. The van der Waals surface area contributed by atoms with E-state index in [4.69, 9.17) is 5.73 Å². The maximum absolute atomic E-state index is 12.9. The van der Waals surface area contributed by atoms with Crippen LogP contribution in [0.4, 0.5) is 18.9 Å². The van der Waals surface area contributed by atoms with Gasteiger partial charge < -0.3 is 5.73 Å². The summed E-state index contributed by atoms with van der Waals surface area (Å²) in [4.78, 5) is 9.66. The zero-order valence-electron chi connectivity index (χ0n) is 9.86. The second-order valence-corrected chi connectivity index (χ2v) is 4.17. The lowest BCUT2D eigenvalue weighted by Gasteiger charge is -2.20. The minimum atomic E-state index is -4.63. The van der Waals surface area contributed by atoms with Crippen molar-refractivity contribution in [2.24, 2.45) is 5.73 Å². The molecule has 0 aliphatic heterocycles. The van der Waals surface area contributed by atoms with Crippen molar-refractivity contribution in [3.8, 4) is 0 Å². The molecule has 0 radical (unpaired) electrons. The van der Waals surface area contributed by atoms with Crippen LogP contribution in [-0.4, -0.2) is 11.0 Å². The first-order chi connectivity index (χ1) is 8.14.